The summed E-state index contributed by atoms with van der Waals surface area (Å²) in [7, 11) is 1.61. The largest absolute Gasteiger partial charge is 0.442 e. The molecule has 7 heteroatoms. The summed E-state index contributed by atoms with van der Waals surface area (Å²) in [6.45, 7) is 6.46. The standard InChI is InChI=1S/C16H22N4O3/c1-4-20-7-5-6-11(20)8-17-14(21)12-10(2)23-15-13(12)16(22)19(3)9-18-15/h9,11H,4-8H2,1-3H3,(H,17,21). The Hall–Kier alpha value is -2.15. The second-order valence-electron chi connectivity index (χ2n) is 6.01. The Kier molecular flexibility index (Phi) is 4.21. The van der Waals surface area contributed by atoms with Crippen molar-refractivity contribution in [3.8, 4) is 0 Å². The average molecular weight is 318 g/mol. The summed E-state index contributed by atoms with van der Waals surface area (Å²) >= 11 is 0. The highest BCUT2D eigenvalue weighted by molar-refractivity contribution is 6.06. The summed E-state index contributed by atoms with van der Waals surface area (Å²) in [6.07, 6.45) is 3.64. The van der Waals surface area contributed by atoms with Gasteiger partial charge in [-0.2, -0.15) is 0 Å². The summed E-state index contributed by atoms with van der Waals surface area (Å²) in [5, 5.41) is 3.21. The number of aryl methyl sites for hydroxylation is 2. The van der Waals surface area contributed by atoms with E-state index in [1.54, 1.807) is 14.0 Å². The third kappa shape index (κ3) is 2.76. The van der Waals surface area contributed by atoms with Gasteiger partial charge in [-0.3, -0.25) is 14.5 Å². The molecule has 1 fully saturated rings. The number of carbonyl (C=O) groups is 1. The maximum absolute atomic E-state index is 12.6. The van der Waals surface area contributed by atoms with Crippen LogP contribution < -0.4 is 10.9 Å². The van der Waals surface area contributed by atoms with Gasteiger partial charge in [0.2, 0.25) is 5.71 Å². The molecule has 0 aliphatic carbocycles. The summed E-state index contributed by atoms with van der Waals surface area (Å²) in [6, 6.07) is 0.364. The fourth-order valence-electron chi connectivity index (χ4n) is 3.30. The Morgan fingerprint density at radius 1 is 1.52 bits per heavy atom. The third-order valence-electron chi connectivity index (χ3n) is 4.58. The molecule has 1 aliphatic rings. The van der Waals surface area contributed by atoms with E-state index in [0.717, 1.165) is 25.9 Å². The number of likely N-dealkylation sites (tertiary alicyclic amines) is 1. The first-order chi connectivity index (χ1) is 11.0. The minimum absolute atomic E-state index is 0.215. The number of furan rings is 1. The fraction of sp³-hybridized carbons (Fsp3) is 0.562. The van der Waals surface area contributed by atoms with Gasteiger partial charge in [-0.05, 0) is 32.9 Å². The van der Waals surface area contributed by atoms with Crippen LogP contribution in [-0.4, -0.2) is 46.0 Å². The Labute approximate surface area is 134 Å². The van der Waals surface area contributed by atoms with Crippen LogP contribution in [0.3, 0.4) is 0 Å². The van der Waals surface area contributed by atoms with E-state index in [9.17, 15) is 9.59 Å². The number of hydrogen-bond acceptors (Lipinski definition) is 5. The monoisotopic (exact) mass is 318 g/mol. The van der Waals surface area contributed by atoms with Crippen LogP contribution in [-0.2, 0) is 7.05 Å². The first kappa shape index (κ1) is 15.7. The second-order valence-corrected chi connectivity index (χ2v) is 6.01. The van der Waals surface area contributed by atoms with Crippen LogP contribution >= 0.6 is 0 Å². The molecule has 1 atom stereocenters. The molecular weight excluding hydrogens is 296 g/mol. The van der Waals surface area contributed by atoms with Gasteiger partial charge in [0.05, 0.1) is 5.56 Å². The highest BCUT2D eigenvalue weighted by Crippen LogP contribution is 2.21. The Bertz CT molecular complexity index is 792. The summed E-state index contributed by atoms with van der Waals surface area (Å²) in [4.78, 5) is 31.3. The number of hydrogen-bond donors (Lipinski definition) is 1. The molecule has 23 heavy (non-hydrogen) atoms. The maximum atomic E-state index is 12.6. The molecule has 2 aromatic rings. The van der Waals surface area contributed by atoms with Crippen LogP contribution in [0.5, 0.6) is 0 Å². The maximum Gasteiger partial charge on any atom is 0.265 e. The molecule has 3 rings (SSSR count). The van der Waals surface area contributed by atoms with Crippen LogP contribution in [0.1, 0.15) is 35.9 Å². The number of carbonyl (C=O) groups excluding carboxylic acids is 1. The van der Waals surface area contributed by atoms with E-state index in [1.165, 1.54) is 10.9 Å². The molecule has 3 heterocycles. The van der Waals surface area contributed by atoms with Crippen molar-refractivity contribution in [3.05, 3.63) is 28.0 Å². The average Bonchev–Trinajstić information content (AvgIpc) is 3.12. The Morgan fingerprint density at radius 2 is 2.30 bits per heavy atom. The zero-order valence-corrected chi connectivity index (χ0v) is 13.8. The van der Waals surface area contributed by atoms with Gasteiger partial charge >= 0.3 is 0 Å². The van der Waals surface area contributed by atoms with Crippen molar-refractivity contribution < 1.29 is 9.21 Å². The van der Waals surface area contributed by atoms with E-state index in [4.69, 9.17) is 4.42 Å². The highest BCUT2D eigenvalue weighted by atomic mass is 16.3. The van der Waals surface area contributed by atoms with Crippen molar-refractivity contribution in [2.75, 3.05) is 19.6 Å². The number of nitrogens with zero attached hydrogens (tertiary/aromatic N) is 3. The molecule has 1 aliphatic heterocycles. The minimum Gasteiger partial charge on any atom is -0.442 e. The van der Waals surface area contributed by atoms with Gasteiger partial charge < -0.3 is 14.3 Å². The molecule has 124 valence electrons. The van der Waals surface area contributed by atoms with Gasteiger partial charge in [0.25, 0.3) is 11.5 Å². The molecule has 0 bridgehead atoms. The minimum atomic E-state index is -0.270. The topological polar surface area (TPSA) is 80.4 Å². The lowest BCUT2D eigenvalue weighted by molar-refractivity contribution is 0.0941. The molecule has 1 saturated heterocycles. The lowest BCUT2D eigenvalue weighted by Gasteiger charge is -2.22. The second kappa shape index (κ2) is 6.16. The summed E-state index contributed by atoms with van der Waals surface area (Å²) in [5.74, 6) is 0.154. The SMILES string of the molecule is CCN1CCCC1CNC(=O)c1c(C)oc2ncn(C)c(=O)c12. The van der Waals surface area contributed by atoms with Gasteiger partial charge in [-0.15, -0.1) is 0 Å². The summed E-state index contributed by atoms with van der Waals surface area (Å²) < 4.78 is 6.83. The predicted octanol–water partition coefficient (Wildman–Crippen LogP) is 1.05. The van der Waals surface area contributed by atoms with E-state index in [-0.39, 0.29) is 22.6 Å². The number of amides is 1. The normalized spacial score (nSPS) is 18.7. The van der Waals surface area contributed by atoms with Crippen molar-refractivity contribution >= 4 is 17.0 Å². The summed E-state index contributed by atoms with van der Waals surface area (Å²) in [5.41, 5.74) is 0.245. The van der Waals surface area contributed by atoms with Crippen molar-refractivity contribution in [2.45, 2.75) is 32.7 Å². The van der Waals surface area contributed by atoms with Crippen molar-refractivity contribution in [1.29, 1.82) is 0 Å². The van der Waals surface area contributed by atoms with Gasteiger partial charge in [0, 0.05) is 19.6 Å². The zero-order chi connectivity index (χ0) is 16.6. The van der Waals surface area contributed by atoms with Gasteiger partial charge in [-0.1, -0.05) is 6.92 Å². The molecule has 7 nitrogen and oxygen atoms in total. The number of rotatable bonds is 4. The van der Waals surface area contributed by atoms with Crippen molar-refractivity contribution in [2.24, 2.45) is 7.05 Å². The van der Waals surface area contributed by atoms with E-state index >= 15 is 0 Å². The van der Waals surface area contributed by atoms with E-state index in [1.807, 2.05) is 0 Å². The smallest absolute Gasteiger partial charge is 0.265 e. The molecule has 2 aromatic heterocycles. The molecule has 1 unspecified atom stereocenters. The Balaban J connectivity index is 1.85. The van der Waals surface area contributed by atoms with Crippen LogP contribution in [0.2, 0.25) is 0 Å². The lowest BCUT2D eigenvalue weighted by Crippen LogP contribution is -2.40. The molecule has 0 aromatic carbocycles. The lowest BCUT2D eigenvalue weighted by atomic mass is 10.1. The van der Waals surface area contributed by atoms with Crippen LogP contribution in [0.15, 0.2) is 15.5 Å². The molecule has 0 spiro atoms. The van der Waals surface area contributed by atoms with Crippen LogP contribution in [0, 0.1) is 6.92 Å². The zero-order valence-electron chi connectivity index (χ0n) is 13.8. The predicted molar refractivity (Wildman–Crippen MR) is 86.6 cm³/mol. The molecule has 1 N–H and O–H groups in total. The van der Waals surface area contributed by atoms with E-state index < -0.39 is 0 Å². The molecule has 1 amide bonds. The quantitative estimate of drug-likeness (QED) is 0.911. The number of likely N-dealkylation sites (N-methyl/N-ethyl adjacent to an activating group) is 1. The molecule has 0 saturated carbocycles. The van der Waals surface area contributed by atoms with Crippen LogP contribution in [0.25, 0.3) is 11.1 Å². The number of aromatic nitrogens is 2. The first-order valence-corrected chi connectivity index (χ1v) is 8.00. The third-order valence-corrected chi connectivity index (χ3v) is 4.58. The van der Waals surface area contributed by atoms with Crippen molar-refractivity contribution in [1.82, 2.24) is 19.8 Å². The van der Waals surface area contributed by atoms with Gasteiger partial charge in [0.15, 0.2) is 0 Å². The fourth-order valence-corrected chi connectivity index (χ4v) is 3.30. The van der Waals surface area contributed by atoms with Crippen LogP contribution in [0.4, 0.5) is 0 Å². The molecular formula is C16H22N4O3. The van der Waals surface area contributed by atoms with E-state index in [0.29, 0.717) is 23.9 Å². The highest BCUT2D eigenvalue weighted by Gasteiger charge is 2.26. The van der Waals surface area contributed by atoms with Crippen molar-refractivity contribution in [3.63, 3.8) is 0 Å². The number of nitrogens with one attached hydrogen (secondary N) is 1. The number of fused-ring (bicyclic) bond motifs is 1. The first-order valence-electron chi connectivity index (χ1n) is 8.00. The van der Waals surface area contributed by atoms with Gasteiger partial charge in [0.1, 0.15) is 17.5 Å². The van der Waals surface area contributed by atoms with Gasteiger partial charge in [-0.25, -0.2) is 4.98 Å². The Morgan fingerprint density at radius 3 is 3.04 bits per heavy atom. The molecule has 0 radical (unpaired) electrons. The van der Waals surface area contributed by atoms with E-state index in [2.05, 4.69) is 22.1 Å².